The predicted octanol–water partition coefficient (Wildman–Crippen LogP) is 1.81. The zero-order valence-electron chi connectivity index (χ0n) is 7.46. The summed E-state index contributed by atoms with van der Waals surface area (Å²) in [5.74, 6) is -1.64. The van der Waals surface area contributed by atoms with E-state index in [0.717, 1.165) is 0 Å². The number of carboxylic acids is 1. The predicted molar refractivity (Wildman–Crippen MR) is 56.4 cm³/mol. The molecule has 80 valence electrons. The van der Waals surface area contributed by atoms with E-state index in [1.54, 1.807) is 0 Å². The molecule has 0 bridgehead atoms. The smallest absolute Gasteiger partial charge is 0.322 e. The summed E-state index contributed by atoms with van der Waals surface area (Å²) in [4.78, 5) is 21.6. The van der Waals surface area contributed by atoms with Crippen LogP contribution in [0, 0.1) is 0 Å². The molecule has 0 heterocycles. The Labute approximate surface area is 95.8 Å². The van der Waals surface area contributed by atoms with E-state index < -0.39 is 18.4 Å². The average Bonchev–Trinajstić information content (AvgIpc) is 2.12. The van der Waals surface area contributed by atoms with Gasteiger partial charge in [-0.2, -0.15) is 0 Å². The maximum Gasteiger partial charge on any atom is 0.322 e. The standard InChI is InChI=1S/C9H7Cl2NO3/c10-6-1-5(2-7(11)3-6)9(15)12-4-8(13)14/h1-3H,4H2,(H,12,15)(H,13,14). The topological polar surface area (TPSA) is 66.4 Å². The van der Waals surface area contributed by atoms with Crippen LogP contribution in [0.1, 0.15) is 10.4 Å². The van der Waals surface area contributed by atoms with Crippen LogP contribution in [-0.4, -0.2) is 23.5 Å². The number of rotatable bonds is 3. The maximum atomic E-state index is 11.4. The van der Waals surface area contributed by atoms with Crippen LogP contribution in [0.2, 0.25) is 10.0 Å². The van der Waals surface area contributed by atoms with Gasteiger partial charge in [-0.15, -0.1) is 0 Å². The second-order valence-corrected chi connectivity index (χ2v) is 3.61. The third-order valence-electron chi connectivity index (χ3n) is 1.52. The third kappa shape index (κ3) is 3.77. The number of aliphatic carboxylic acids is 1. The molecule has 1 rings (SSSR count). The van der Waals surface area contributed by atoms with Gasteiger partial charge >= 0.3 is 5.97 Å². The van der Waals surface area contributed by atoms with E-state index in [2.05, 4.69) is 5.32 Å². The number of amides is 1. The number of nitrogens with one attached hydrogen (secondary N) is 1. The zero-order valence-corrected chi connectivity index (χ0v) is 8.97. The molecule has 1 amide bonds. The van der Waals surface area contributed by atoms with Crippen LogP contribution in [-0.2, 0) is 4.79 Å². The molecule has 0 atom stereocenters. The third-order valence-corrected chi connectivity index (χ3v) is 1.96. The molecule has 4 nitrogen and oxygen atoms in total. The van der Waals surface area contributed by atoms with Crippen molar-refractivity contribution in [2.75, 3.05) is 6.54 Å². The fraction of sp³-hybridized carbons (Fsp3) is 0.111. The van der Waals surface area contributed by atoms with E-state index in [9.17, 15) is 9.59 Å². The van der Waals surface area contributed by atoms with Gasteiger partial charge in [0.1, 0.15) is 6.54 Å². The number of carbonyl (C=O) groups excluding carboxylic acids is 1. The summed E-state index contributed by atoms with van der Waals surface area (Å²) in [6.45, 7) is -0.442. The molecule has 0 saturated carbocycles. The molecule has 0 unspecified atom stereocenters. The first kappa shape index (κ1) is 11.8. The quantitative estimate of drug-likeness (QED) is 0.857. The summed E-state index contributed by atoms with van der Waals surface area (Å²) in [6, 6.07) is 4.30. The minimum absolute atomic E-state index is 0.230. The van der Waals surface area contributed by atoms with Gasteiger partial charge in [0.15, 0.2) is 0 Å². The highest BCUT2D eigenvalue weighted by molar-refractivity contribution is 6.35. The lowest BCUT2D eigenvalue weighted by atomic mass is 10.2. The van der Waals surface area contributed by atoms with Gasteiger partial charge in [0, 0.05) is 15.6 Å². The second-order valence-electron chi connectivity index (χ2n) is 2.73. The van der Waals surface area contributed by atoms with Crippen LogP contribution in [0.5, 0.6) is 0 Å². The lowest BCUT2D eigenvalue weighted by molar-refractivity contribution is -0.135. The minimum Gasteiger partial charge on any atom is -0.480 e. The number of hydrogen-bond acceptors (Lipinski definition) is 2. The molecule has 0 aliphatic carbocycles. The lowest BCUT2D eigenvalue weighted by Gasteiger charge is -2.03. The molecule has 0 saturated heterocycles. The Balaban J connectivity index is 2.77. The van der Waals surface area contributed by atoms with Crippen LogP contribution in [0.3, 0.4) is 0 Å². The SMILES string of the molecule is O=C(O)CNC(=O)c1cc(Cl)cc(Cl)c1. The van der Waals surface area contributed by atoms with Gasteiger partial charge in [-0.25, -0.2) is 0 Å². The van der Waals surface area contributed by atoms with Crippen LogP contribution in [0.4, 0.5) is 0 Å². The lowest BCUT2D eigenvalue weighted by Crippen LogP contribution is -2.29. The number of benzene rings is 1. The highest BCUT2D eigenvalue weighted by Crippen LogP contribution is 2.18. The summed E-state index contributed by atoms with van der Waals surface area (Å²) in [5, 5.41) is 11.2. The van der Waals surface area contributed by atoms with Gasteiger partial charge in [-0.3, -0.25) is 9.59 Å². The van der Waals surface area contributed by atoms with E-state index in [0.29, 0.717) is 10.0 Å². The first-order valence-corrected chi connectivity index (χ1v) is 4.70. The van der Waals surface area contributed by atoms with Crippen molar-refractivity contribution in [3.63, 3.8) is 0 Å². The van der Waals surface area contributed by atoms with Crippen molar-refractivity contribution in [2.24, 2.45) is 0 Å². The summed E-state index contributed by atoms with van der Waals surface area (Å²) in [6.07, 6.45) is 0. The molecule has 1 aromatic rings. The number of carbonyl (C=O) groups is 2. The molecule has 2 N–H and O–H groups in total. The Kier molecular flexibility index (Phi) is 3.94. The minimum atomic E-state index is -1.11. The fourth-order valence-corrected chi connectivity index (χ4v) is 1.47. The Hall–Kier alpha value is -1.26. The van der Waals surface area contributed by atoms with Crippen molar-refractivity contribution < 1.29 is 14.7 Å². The van der Waals surface area contributed by atoms with Crippen LogP contribution in [0.25, 0.3) is 0 Å². The van der Waals surface area contributed by atoms with Crippen molar-refractivity contribution in [1.29, 1.82) is 0 Å². The van der Waals surface area contributed by atoms with Gasteiger partial charge in [0.2, 0.25) is 0 Å². The van der Waals surface area contributed by atoms with Gasteiger partial charge in [0.25, 0.3) is 5.91 Å². The van der Waals surface area contributed by atoms with E-state index in [1.807, 2.05) is 0 Å². The first-order chi connectivity index (χ1) is 6.99. The molecule has 0 aliphatic rings. The van der Waals surface area contributed by atoms with Crippen LogP contribution >= 0.6 is 23.2 Å². The van der Waals surface area contributed by atoms with Gasteiger partial charge in [0.05, 0.1) is 0 Å². The zero-order chi connectivity index (χ0) is 11.4. The number of carboxylic acid groups (broad SMARTS) is 1. The Bertz CT molecular complexity index is 386. The summed E-state index contributed by atoms with van der Waals surface area (Å²) in [5.41, 5.74) is 0.230. The largest absolute Gasteiger partial charge is 0.480 e. The maximum absolute atomic E-state index is 11.4. The molecule has 15 heavy (non-hydrogen) atoms. The van der Waals surface area contributed by atoms with Gasteiger partial charge < -0.3 is 10.4 Å². The number of halogens is 2. The van der Waals surface area contributed by atoms with Crippen molar-refractivity contribution in [3.05, 3.63) is 33.8 Å². The molecule has 0 fully saturated rings. The highest BCUT2D eigenvalue weighted by Gasteiger charge is 2.08. The number of hydrogen-bond donors (Lipinski definition) is 2. The second kappa shape index (κ2) is 5.00. The summed E-state index contributed by atoms with van der Waals surface area (Å²) in [7, 11) is 0. The molecule has 6 heteroatoms. The first-order valence-electron chi connectivity index (χ1n) is 3.95. The van der Waals surface area contributed by atoms with E-state index in [4.69, 9.17) is 28.3 Å². The molecule has 0 aliphatic heterocycles. The summed E-state index contributed by atoms with van der Waals surface area (Å²) < 4.78 is 0. The van der Waals surface area contributed by atoms with E-state index in [-0.39, 0.29) is 5.56 Å². The molecule has 1 aromatic carbocycles. The molecular formula is C9H7Cl2NO3. The Morgan fingerprint density at radius 2 is 1.73 bits per heavy atom. The van der Waals surface area contributed by atoms with E-state index in [1.165, 1.54) is 18.2 Å². The fourth-order valence-electron chi connectivity index (χ4n) is 0.943. The molecule has 0 spiro atoms. The molecule has 0 aromatic heterocycles. The average molecular weight is 248 g/mol. The summed E-state index contributed by atoms with van der Waals surface area (Å²) >= 11 is 11.4. The normalized spacial score (nSPS) is 9.73. The Morgan fingerprint density at radius 1 is 1.20 bits per heavy atom. The van der Waals surface area contributed by atoms with Gasteiger partial charge in [-0.1, -0.05) is 23.2 Å². The molecular weight excluding hydrogens is 241 g/mol. The van der Waals surface area contributed by atoms with Crippen LogP contribution < -0.4 is 5.32 Å². The Morgan fingerprint density at radius 3 is 2.20 bits per heavy atom. The van der Waals surface area contributed by atoms with Crippen LogP contribution in [0.15, 0.2) is 18.2 Å². The van der Waals surface area contributed by atoms with E-state index >= 15 is 0 Å². The van der Waals surface area contributed by atoms with Crippen molar-refractivity contribution in [3.8, 4) is 0 Å². The van der Waals surface area contributed by atoms with Crippen molar-refractivity contribution in [2.45, 2.75) is 0 Å². The van der Waals surface area contributed by atoms with Gasteiger partial charge in [-0.05, 0) is 18.2 Å². The monoisotopic (exact) mass is 247 g/mol. The van der Waals surface area contributed by atoms with Crippen molar-refractivity contribution >= 4 is 35.1 Å². The van der Waals surface area contributed by atoms with Crippen molar-refractivity contribution in [1.82, 2.24) is 5.32 Å². The molecule has 0 radical (unpaired) electrons. The highest BCUT2D eigenvalue weighted by atomic mass is 35.5.